The van der Waals surface area contributed by atoms with E-state index in [1.165, 1.54) is 103 Å². The first kappa shape index (κ1) is 34.1. The molecule has 0 amide bonds. The van der Waals surface area contributed by atoms with E-state index in [4.69, 9.17) is 0 Å². The van der Waals surface area contributed by atoms with E-state index >= 15 is 0 Å². The third kappa shape index (κ3) is 5.30. The molecule has 0 aliphatic heterocycles. The van der Waals surface area contributed by atoms with Crippen molar-refractivity contribution in [1.29, 1.82) is 0 Å². The SMILES string of the molecule is CC1(C)c2cc3ccccc3cc2-c2cccc(N(c3ccc(-c4ccc5c(c4)sc4ccccc45)cc3)c3ccc4ccccc4c3-c3ccc4ccccc4c3)c21. The quantitative estimate of drug-likeness (QED) is 0.169. The van der Waals surface area contributed by atoms with E-state index < -0.39 is 0 Å². The van der Waals surface area contributed by atoms with Gasteiger partial charge in [-0.05, 0) is 126 Å². The number of nitrogens with zero attached hydrogens (tertiary/aromatic N) is 1. The van der Waals surface area contributed by atoms with Crippen molar-refractivity contribution in [3.05, 3.63) is 211 Å². The van der Waals surface area contributed by atoms with Gasteiger partial charge < -0.3 is 4.90 Å². The maximum atomic E-state index is 2.54. The molecule has 12 rings (SSSR count). The largest absolute Gasteiger partial charge is 0.310 e. The Kier molecular flexibility index (Phi) is 7.51. The third-order valence-corrected chi connectivity index (χ3v) is 13.9. The van der Waals surface area contributed by atoms with Gasteiger partial charge in [0.2, 0.25) is 0 Å². The number of hydrogen-bond donors (Lipinski definition) is 0. The number of rotatable bonds is 5. The maximum Gasteiger partial charge on any atom is 0.0546 e. The fourth-order valence-corrected chi connectivity index (χ4v) is 11.1. The highest BCUT2D eigenvalue weighted by molar-refractivity contribution is 7.25. The van der Waals surface area contributed by atoms with Crippen LogP contribution in [0.1, 0.15) is 25.0 Å². The summed E-state index contributed by atoms with van der Waals surface area (Å²) in [6.45, 7) is 4.82. The van der Waals surface area contributed by atoms with E-state index in [0.717, 1.165) is 11.4 Å². The third-order valence-electron chi connectivity index (χ3n) is 12.8. The van der Waals surface area contributed by atoms with Gasteiger partial charge in [0.15, 0.2) is 0 Å². The summed E-state index contributed by atoms with van der Waals surface area (Å²) < 4.78 is 2.65. The standard InChI is InChI=1S/C57H39NS/c1-57(2)50-34-41-16-6-5-15-40(41)33-49(50)48-19-11-20-52(56(48)57)58(44-28-24-37(25-29-44)42-26-30-47-46-18-9-10-21-53(46)59-54(47)35-42)51-31-27-38-13-7-8-17-45(38)55(51)43-23-22-36-12-3-4-14-39(36)32-43/h3-35H,1-2H3. The molecule has 0 unspecified atom stereocenters. The van der Waals surface area contributed by atoms with Gasteiger partial charge in [-0.2, -0.15) is 0 Å². The molecule has 1 heterocycles. The first-order chi connectivity index (χ1) is 29.0. The molecule has 0 saturated heterocycles. The lowest BCUT2D eigenvalue weighted by molar-refractivity contribution is 0.661. The monoisotopic (exact) mass is 769 g/mol. The van der Waals surface area contributed by atoms with E-state index in [1.807, 2.05) is 11.3 Å². The van der Waals surface area contributed by atoms with Gasteiger partial charge >= 0.3 is 0 Å². The molecule has 11 aromatic rings. The van der Waals surface area contributed by atoms with Gasteiger partial charge in [-0.1, -0.05) is 159 Å². The number of thiophene rings is 1. The van der Waals surface area contributed by atoms with Crippen LogP contribution in [-0.2, 0) is 5.41 Å². The first-order valence-corrected chi connectivity index (χ1v) is 21.3. The summed E-state index contributed by atoms with van der Waals surface area (Å²) in [5.41, 5.74) is 13.5. The van der Waals surface area contributed by atoms with E-state index in [2.05, 4.69) is 219 Å². The molecule has 1 nitrogen and oxygen atoms in total. The van der Waals surface area contributed by atoms with E-state index in [-0.39, 0.29) is 5.41 Å². The van der Waals surface area contributed by atoms with Gasteiger partial charge in [-0.25, -0.2) is 0 Å². The van der Waals surface area contributed by atoms with Crippen molar-refractivity contribution in [3.8, 4) is 33.4 Å². The van der Waals surface area contributed by atoms with Crippen LogP contribution in [0.15, 0.2) is 200 Å². The van der Waals surface area contributed by atoms with Gasteiger partial charge in [-0.3, -0.25) is 0 Å². The van der Waals surface area contributed by atoms with Crippen LogP contribution < -0.4 is 4.90 Å². The smallest absolute Gasteiger partial charge is 0.0546 e. The Bertz CT molecular complexity index is 3480. The van der Waals surface area contributed by atoms with E-state index in [9.17, 15) is 0 Å². The minimum Gasteiger partial charge on any atom is -0.310 e. The predicted octanol–water partition coefficient (Wildman–Crippen LogP) is 16.6. The Morgan fingerprint density at radius 3 is 1.83 bits per heavy atom. The molecule has 0 saturated carbocycles. The minimum absolute atomic E-state index is 0.247. The van der Waals surface area contributed by atoms with Crippen LogP contribution in [-0.4, -0.2) is 0 Å². The Morgan fingerprint density at radius 1 is 0.390 bits per heavy atom. The Labute approximate surface area is 348 Å². The molecular formula is C57H39NS. The molecule has 0 fully saturated rings. The molecule has 59 heavy (non-hydrogen) atoms. The zero-order valence-electron chi connectivity index (χ0n) is 32.9. The van der Waals surface area contributed by atoms with Crippen molar-refractivity contribution >= 4 is 80.9 Å². The molecule has 0 radical (unpaired) electrons. The highest BCUT2D eigenvalue weighted by Gasteiger charge is 2.39. The summed E-state index contributed by atoms with van der Waals surface area (Å²) >= 11 is 1.87. The summed E-state index contributed by atoms with van der Waals surface area (Å²) in [6.07, 6.45) is 0. The second kappa shape index (κ2) is 13.0. The van der Waals surface area contributed by atoms with Gasteiger partial charge in [0, 0.05) is 36.8 Å². The predicted molar refractivity (Wildman–Crippen MR) is 255 cm³/mol. The normalized spacial score (nSPS) is 13.1. The highest BCUT2D eigenvalue weighted by Crippen LogP contribution is 2.56. The van der Waals surface area contributed by atoms with Crippen LogP contribution in [0, 0.1) is 0 Å². The van der Waals surface area contributed by atoms with Crippen LogP contribution in [0.5, 0.6) is 0 Å². The van der Waals surface area contributed by atoms with Crippen LogP contribution in [0.3, 0.4) is 0 Å². The van der Waals surface area contributed by atoms with Crippen LogP contribution in [0.2, 0.25) is 0 Å². The lowest BCUT2D eigenvalue weighted by Gasteiger charge is -2.34. The van der Waals surface area contributed by atoms with Crippen molar-refractivity contribution < 1.29 is 0 Å². The molecule has 278 valence electrons. The summed E-state index contributed by atoms with van der Waals surface area (Å²) in [6, 6.07) is 74.6. The fraction of sp³-hybridized carbons (Fsp3) is 0.0526. The van der Waals surface area contributed by atoms with Crippen LogP contribution >= 0.6 is 11.3 Å². The lowest BCUT2D eigenvalue weighted by Crippen LogP contribution is -2.21. The average Bonchev–Trinajstić information content (AvgIpc) is 3.76. The summed E-state index contributed by atoms with van der Waals surface area (Å²) in [4.78, 5) is 2.54. The highest BCUT2D eigenvalue weighted by atomic mass is 32.1. The van der Waals surface area contributed by atoms with E-state index in [1.54, 1.807) is 0 Å². The van der Waals surface area contributed by atoms with Gasteiger partial charge in [-0.15, -0.1) is 11.3 Å². The van der Waals surface area contributed by atoms with Crippen molar-refractivity contribution in [2.24, 2.45) is 0 Å². The van der Waals surface area contributed by atoms with Gasteiger partial charge in [0.1, 0.15) is 0 Å². The maximum absolute atomic E-state index is 2.54. The lowest BCUT2D eigenvalue weighted by atomic mass is 9.80. The molecule has 1 aliphatic rings. The summed E-state index contributed by atoms with van der Waals surface area (Å²) in [7, 11) is 0. The van der Waals surface area contributed by atoms with Gasteiger partial charge in [0.05, 0.1) is 11.4 Å². The molecule has 2 heteroatoms. The fourth-order valence-electron chi connectivity index (χ4n) is 9.93. The van der Waals surface area contributed by atoms with Crippen molar-refractivity contribution in [3.63, 3.8) is 0 Å². The van der Waals surface area contributed by atoms with Gasteiger partial charge in [0.25, 0.3) is 0 Å². The molecule has 0 N–H and O–H groups in total. The second-order valence-corrected chi connectivity index (χ2v) is 17.6. The van der Waals surface area contributed by atoms with Crippen molar-refractivity contribution in [2.45, 2.75) is 19.3 Å². The van der Waals surface area contributed by atoms with E-state index in [0.29, 0.717) is 0 Å². The molecule has 0 atom stereocenters. The zero-order valence-corrected chi connectivity index (χ0v) is 33.7. The van der Waals surface area contributed by atoms with Crippen molar-refractivity contribution in [2.75, 3.05) is 4.90 Å². The number of benzene rings is 10. The number of hydrogen-bond acceptors (Lipinski definition) is 2. The Morgan fingerprint density at radius 2 is 1.02 bits per heavy atom. The molecule has 0 bridgehead atoms. The molecule has 1 aliphatic carbocycles. The summed E-state index contributed by atoms with van der Waals surface area (Å²) in [5.74, 6) is 0. The molecule has 10 aromatic carbocycles. The van der Waals surface area contributed by atoms with Crippen LogP contribution in [0.4, 0.5) is 17.1 Å². The molecule has 0 spiro atoms. The first-order valence-electron chi connectivity index (χ1n) is 20.5. The summed E-state index contributed by atoms with van der Waals surface area (Å²) in [5, 5.41) is 10.1. The Hall–Kier alpha value is -7.00. The zero-order chi connectivity index (χ0) is 39.2. The van der Waals surface area contributed by atoms with Crippen LogP contribution in [0.25, 0.3) is 85.9 Å². The number of fused-ring (bicyclic) bond motifs is 9. The minimum atomic E-state index is -0.247. The Balaban J connectivity index is 1.10. The van der Waals surface area contributed by atoms with Crippen molar-refractivity contribution in [1.82, 2.24) is 0 Å². The second-order valence-electron chi connectivity index (χ2n) is 16.5. The average molecular weight is 770 g/mol. The molecular weight excluding hydrogens is 731 g/mol. The molecule has 1 aromatic heterocycles. The number of anilines is 3. The topological polar surface area (TPSA) is 3.24 Å².